The predicted octanol–water partition coefficient (Wildman–Crippen LogP) is 2.78. The molecule has 1 aromatic heterocycles. The minimum Gasteiger partial charge on any atom is -0.467 e. The normalized spacial score (nSPS) is 10.3. The van der Waals surface area contributed by atoms with Crippen molar-refractivity contribution in [3.05, 3.63) is 29.8 Å². The van der Waals surface area contributed by atoms with E-state index in [-0.39, 0.29) is 0 Å². The standard InChI is InChI=1S/C15H21N5O/c1-5-10-16-13-17-14(19-15(18-13)21-4)20(3)12-9-7-6-8-11(12)2/h6-9H,5,10H2,1-4H3,(H,16,17,18,19). The molecule has 0 unspecified atom stereocenters. The van der Waals surface area contributed by atoms with Crippen molar-refractivity contribution in [2.75, 3.05) is 30.9 Å². The Morgan fingerprint density at radius 2 is 1.95 bits per heavy atom. The molecule has 1 N–H and O–H groups in total. The number of anilines is 3. The average Bonchev–Trinajstić information content (AvgIpc) is 2.52. The number of para-hydroxylation sites is 1. The van der Waals surface area contributed by atoms with E-state index in [2.05, 4.69) is 40.2 Å². The highest BCUT2D eigenvalue weighted by Crippen LogP contribution is 2.25. The first-order chi connectivity index (χ1) is 10.2. The predicted molar refractivity (Wildman–Crippen MR) is 84.4 cm³/mol. The van der Waals surface area contributed by atoms with Crippen molar-refractivity contribution in [1.82, 2.24) is 15.0 Å². The Bertz CT molecular complexity index is 602. The molecule has 1 aromatic carbocycles. The van der Waals surface area contributed by atoms with Crippen LogP contribution in [0.4, 0.5) is 17.6 Å². The molecule has 2 aromatic rings. The topological polar surface area (TPSA) is 63.2 Å². The van der Waals surface area contributed by atoms with Crippen LogP contribution in [0, 0.1) is 6.92 Å². The molecular formula is C15H21N5O. The summed E-state index contributed by atoms with van der Waals surface area (Å²) >= 11 is 0. The van der Waals surface area contributed by atoms with Crippen molar-refractivity contribution in [3.8, 4) is 6.01 Å². The molecule has 0 aliphatic rings. The number of aromatic nitrogens is 3. The molecule has 0 saturated heterocycles. The number of benzene rings is 1. The van der Waals surface area contributed by atoms with Crippen LogP contribution in [0.15, 0.2) is 24.3 Å². The van der Waals surface area contributed by atoms with E-state index in [1.807, 2.05) is 30.1 Å². The highest BCUT2D eigenvalue weighted by atomic mass is 16.5. The fourth-order valence-electron chi connectivity index (χ4n) is 1.95. The molecule has 6 nitrogen and oxygen atoms in total. The SMILES string of the molecule is CCCNc1nc(OC)nc(N(C)c2ccccc2C)n1. The van der Waals surface area contributed by atoms with Crippen LogP contribution >= 0.6 is 0 Å². The van der Waals surface area contributed by atoms with E-state index < -0.39 is 0 Å². The Morgan fingerprint density at radius 3 is 2.62 bits per heavy atom. The van der Waals surface area contributed by atoms with Gasteiger partial charge in [0.15, 0.2) is 0 Å². The maximum Gasteiger partial charge on any atom is 0.322 e. The minimum absolute atomic E-state index is 0.305. The quantitative estimate of drug-likeness (QED) is 0.881. The van der Waals surface area contributed by atoms with Gasteiger partial charge in [0.1, 0.15) is 0 Å². The fourth-order valence-corrected chi connectivity index (χ4v) is 1.95. The zero-order valence-electron chi connectivity index (χ0n) is 12.9. The second-order valence-electron chi connectivity index (χ2n) is 4.72. The first kappa shape index (κ1) is 15.0. The summed E-state index contributed by atoms with van der Waals surface area (Å²) in [7, 11) is 3.48. The van der Waals surface area contributed by atoms with Crippen LogP contribution in [0.5, 0.6) is 6.01 Å². The van der Waals surface area contributed by atoms with Crippen LogP contribution in [0.1, 0.15) is 18.9 Å². The van der Waals surface area contributed by atoms with Crippen molar-refractivity contribution in [3.63, 3.8) is 0 Å². The van der Waals surface area contributed by atoms with E-state index >= 15 is 0 Å². The summed E-state index contributed by atoms with van der Waals surface area (Å²) in [6, 6.07) is 8.40. The molecule has 0 bridgehead atoms. The van der Waals surface area contributed by atoms with Crippen LogP contribution in [-0.4, -0.2) is 35.7 Å². The smallest absolute Gasteiger partial charge is 0.322 e. The second-order valence-corrected chi connectivity index (χ2v) is 4.72. The zero-order valence-corrected chi connectivity index (χ0v) is 12.9. The van der Waals surface area contributed by atoms with Gasteiger partial charge in [-0.25, -0.2) is 0 Å². The number of ether oxygens (including phenoxy) is 1. The molecule has 0 aliphatic carbocycles. The lowest BCUT2D eigenvalue weighted by atomic mass is 10.2. The van der Waals surface area contributed by atoms with Crippen molar-refractivity contribution >= 4 is 17.6 Å². The van der Waals surface area contributed by atoms with Gasteiger partial charge in [0.2, 0.25) is 11.9 Å². The Morgan fingerprint density at radius 1 is 1.19 bits per heavy atom. The van der Waals surface area contributed by atoms with Gasteiger partial charge in [-0.1, -0.05) is 25.1 Å². The first-order valence-corrected chi connectivity index (χ1v) is 6.99. The second kappa shape index (κ2) is 6.88. The summed E-state index contributed by atoms with van der Waals surface area (Å²) in [5, 5.41) is 3.16. The number of rotatable bonds is 6. The summed E-state index contributed by atoms with van der Waals surface area (Å²) in [6.45, 7) is 4.95. The lowest BCUT2D eigenvalue weighted by Crippen LogP contribution is -2.17. The van der Waals surface area contributed by atoms with E-state index in [9.17, 15) is 0 Å². The van der Waals surface area contributed by atoms with Crippen molar-refractivity contribution in [1.29, 1.82) is 0 Å². The van der Waals surface area contributed by atoms with E-state index in [4.69, 9.17) is 4.74 Å². The van der Waals surface area contributed by atoms with E-state index in [1.54, 1.807) is 7.11 Å². The molecule has 112 valence electrons. The summed E-state index contributed by atoms with van der Waals surface area (Å²) in [5.41, 5.74) is 2.20. The highest BCUT2D eigenvalue weighted by Gasteiger charge is 2.13. The fraction of sp³-hybridized carbons (Fsp3) is 0.400. The maximum atomic E-state index is 5.16. The van der Waals surface area contributed by atoms with Gasteiger partial charge in [-0.05, 0) is 25.0 Å². The highest BCUT2D eigenvalue weighted by molar-refractivity contribution is 5.61. The molecule has 1 heterocycles. The van der Waals surface area contributed by atoms with Crippen LogP contribution in [-0.2, 0) is 0 Å². The molecule has 0 saturated carbocycles. The molecule has 0 fully saturated rings. The molecule has 0 amide bonds. The van der Waals surface area contributed by atoms with E-state index in [0.29, 0.717) is 17.9 Å². The summed E-state index contributed by atoms with van der Waals surface area (Å²) in [6.07, 6.45) is 0.997. The van der Waals surface area contributed by atoms with Gasteiger partial charge in [-0.15, -0.1) is 0 Å². The maximum absolute atomic E-state index is 5.16. The summed E-state index contributed by atoms with van der Waals surface area (Å²) in [4.78, 5) is 14.9. The van der Waals surface area contributed by atoms with Crippen molar-refractivity contribution in [2.45, 2.75) is 20.3 Å². The lowest BCUT2D eigenvalue weighted by molar-refractivity contribution is 0.379. The first-order valence-electron chi connectivity index (χ1n) is 6.99. The summed E-state index contributed by atoms with van der Waals surface area (Å²) in [5.74, 6) is 1.08. The molecule has 0 atom stereocenters. The van der Waals surface area contributed by atoms with Crippen LogP contribution in [0.2, 0.25) is 0 Å². The number of aryl methyl sites for hydroxylation is 1. The van der Waals surface area contributed by atoms with Gasteiger partial charge in [0.05, 0.1) is 7.11 Å². The Hall–Kier alpha value is -2.37. The lowest BCUT2D eigenvalue weighted by Gasteiger charge is -2.20. The number of methoxy groups -OCH3 is 1. The molecule has 2 rings (SSSR count). The van der Waals surface area contributed by atoms with Gasteiger partial charge in [0, 0.05) is 19.3 Å². The molecule has 0 spiro atoms. The van der Waals surface area contributed by atoms with Crippen LogP contribution in [0.3, 0.4) is 0 Å². The van der Waals surface area contributed by atoms with E-state index in [1.165, 1.54) is 0 Å². The summed E-state index contributed by atoms with van der Waals surface area (Å²) < 4.78 is 5.16. The average molecular weight is 287 g/mol. The van der Waals surface area contributed by atoms with E-state index in [0.717, 1.165) is 24.2 Å². The third kappa shape index (κ3) is 3.59. The van der Waals surface area contributed by atoms with Gasteiger partial charge in [-0.3, -0.25) is 0 Å². The molecule has 0 aliphatic heterocycles. The minimum atomic E-state index is 0.305. The molecule has 0 radical (unpaired) electrons. The molecular weight excluding hydrogens is 266 g/mol. The van der Waals surface area contributed by atoms with Crippen LogP contribution in [0.25, 0.3) is 0 Å². The van der Waals surface area contributed by atoms with Gasteiger partial charge in [-0.2, -0.15) is 15.0 Å². The number of hydrogen-bond donors (Lipinski definition) is 1. The monoisotopic (exact) mass is 287 g/mol. The molecule has 21 heavy (non-hydrogen) atoms. The largest absolute Gasteiger partial charge is 0.467 e. The van der Waals surface area contributed by atoms with Crippen molar-refractivity contribution in [2.24, 2.45) is 0 Å². The molecule has 6 heteroatoms. The number of nitrogens with one attached hydrogen (secondary N) is 1. The van der Waals surface area contributed by atoms with Gasteiger partial charge >= 0.3 is 6.01 Å². The van der Waals surface area contributed by atoms with Crippen molar-refractivity contribution < 1.29 is 4.74 Å². The third-order valence-electron chi connectivity index (χ3n) is 3.10. The Labute approximate surface area is 125 Å². The van der Waals surface area contributed by atoms with Crippen LogP contribution < -0.4 is 15.0 Å². The number of hydrogen-bond acceptors (Lipinski definition) is 6. The Kier molecular flexibility index (Phi) is 4.92. The number of nitrogens with zero attached hydrogens (tertiary/aromatic N) is 4. The zero-order chi connectivity index (χ0) is 15.2. The van der Waals surface area contributed by atoms with Gasteiger partial charge < -0.3 is 15.0 Å². The van der Waals surface area contributed by atoms with Gasteiger partial charge in [0.25, 0.3) is 0 Å². The Balaban J connectivity index is 2.35. The third-order valence-corrected chi connectivity index (χ3v) is 3.10.